The fourth-order valence-electron chi connectivity index (χ4n) is 1.58. The van der Waals surface area contributed by atoms with Crippen molar-refractivity contribution in [3.63, 3.8) is 0 Å². The summed E-state index contributed by atoms with van der Waals surface area (Å²) in [5.41, 5.74) is 1.68. The Balaban J connectivity index is 2.79. The summed E-state index contributed by atoms with van der Waals surface area (Å²) >= 11 is 0. The van der Waals surface area contributed by atoms with Gasteiger partial charge in [0, 0.05) is 24.8 Å². The molecule has 0 bridgehead atoms. The van der Waals surface area contributed by atoms with Crippen LogP contribution in [0.2, 0.25) is 0 Å². The van der Waals surface area contributed by atoms with Crippen LogP contribution in [0.15, 0.2) is 18.2 Å². The van der Waals surface area contributed by atoms with Crippen molar-refractivity contribution in [1.82, 2.24) is 4.90 Å². The quantitative estimate of drug-likeness (QED) is 0.840. The van der Waals surface area contributed by atoms with Gasteiger partial charge in [-0.2, -0.15) is 0 Å². The number of ether oxygens (including phenoxy) is 1. The Morgan fingerprint density at radius 3 is 2.78 bits per heavy atom. The number of anilines is 1. The predicted molar refractivity (Wildman–Crippen MR) is 71.1 cm³/mol. The summed E-state index contributed by atoms with van der Waals surface area (Å²) in [7, 11) is 1.58. The van der Waals surface area contributed by atoms with E-state index in [-0.39, 0.29) is 12.6 Å². The zero-order valence-corrected chi connectivity index (χ0v) is 11.1. The van der Waals surface area contributed by atoms with Gasteiger partial charge in [0.05, 0.1) is 13.7 Å². The van der Waals surface area contributed by atoms with E-state index in [4.69, 9.17) is 9.84 Å². The lowest BCUT2D eigenvalue weighted by Crippen LogP contribution is -2.36. The number of methoxy groups -OCH3 is 1. The van der Waals surface area contributed by atoms with Crippen molar-refractivity contribution in [3.8, 4) is 5.75 Å². The van der Waals surface area contributed by atoms with Gasteiger partial charge in [-0.15, -0.1) is 0 Å². The number of nitrogens with one attached hydrogen (secondary N) is 1. The molecule has 0 aliphatic rings. The van der Waals surface area contributed by atoms with Gasteiger partial charge in [0.15, 0.2) is 0 Å². The average molecular weight is 252 g/mol. The van der Waals surface area contributed by atoms with Crippen LogP contribution >= 0.6 is 0 Å². The summed E-state index contributed by atoms with van der Waals surface area (Å²) in [5.74, 6) is 0.695. The molecule has 1 aromatic rings. The van der Waals surface area contributed by atoms with Crippen LogP contribution in [-0.4, -0.2) is 42.8 Å². The molecule has 0 saturated heterocycles. The van der Waals surface area contributed by atoms with Crippen LogP contribution in [-0.2, 0) is 0 Å². The normalized spacial score (nSPS) is 10.0. The Hall–Kier alpha value is -1.75. The highest BCUT2D eigenvalue weighted by Gasteiger charge is 2.12. The van der Waals surface area contributed by atoms with Crippen molar-refractivity contribution in [2.45, 2.75) is 13.8 Å². The lowest BCUT2D eigenvalue weighted by Gasteiger charge is -2.21. The Morgan fingerprint density at radius 2 is 2.22 bits per heavy atom. The van der Waals surface area contributed by atoms with E-state index < -0.39 is 0 Å². The van der Waals surface area contributed by atoms with Crippen molar-refractivity contribution >= 4 is 11.7 Å². The molecule has 5 heteroatoms. The SMILES string of the molecule is CCN(CCO)C(=O)Nc1cc(OC)ccc1C. The van der Waals surface area contributed by atoms with E-state index in [1.165, 1.54) is 0 Å². The number of amides is 2. The molecule has 0 aliphatic heterocycles. The van der Waals surface area contributed by atoms with E-state index in [1.54, 1.807) is 18.1 Å². The molecule has 0 aliphatic carbocycles. The van der Waals surface area contributed by atoms with Gasteiger partial charge in [0.1, 0.15) is 5.75 Å². The fourth-order valence-corrected chi connectivity index (χ4v) is 1.58. The molecule has 0 radical (unpaired) electrons. The number of benzene rings is 1. The molecular formula is C13H20N2O3. The number of carbonyl (C=O) groups excluding carboxylic acids is 1. The highest BCUT2D eigenvalue weighted by molar-refractivity contribution is 5.90. The number of carbonyl (C=O) groups is 1. The molecule has 2 N–H and O–H groups in total. The standard InChI is InChI=1S/C13H20N2O3/c1-4-15(7-8-16)13(17)14-12-9-11(18-3)6-5-10(12)2/h5-6,9,16H,4,7-8H2,1-3H3,(H,14,17). The monoisotopic (exact) mass is 252 g/mol. The van der Waals surface area contributed by atoms with Crippen LogP contribution in [0, 0.1) is 6.92 Å². The van der Waals surface area contributed by atoms with Gasteiger partial charge in [-0.05, 0) is 25.5 Å². The number of hydrogen-bond donors (Lipinski definition) is 2. The first kappa shape index (κ1) is 14.3. The van der Waals surface area contributed by atoms with Crippen LogP contribution in [0.1, 0.15) is 12.5 Å². The molecule has 1 aromatic carbocycles. The Kier molecular flexibility index (Phi) is 5.45. The smallest absolute Gasteiger partial charge is 0.321 e. The lowest BCUT2D eigenvalue weighted by atomic mass is 10.2. The predicted octanol–water partition coefficient (Wildman–Crippen LogP) is 1.85. The number of rotatable bonds is 5. The maximum absolute atomic E-state index is 11.9. The van der Waals surface area contributed by atoms with Crippen molar-refractivity contribution in [2.24, 2.45) is 0 Å². The van der Waals surface area contributed by atoms with Crippen LogP contribution in [0.4, 0.5) is 10.5 Å². The van der Waals surface area contributed by atoms with Crippen LogP contribution in [0.3, 0.4) is 0 Å². The largest absolute Gasteiger partial charge is 0.497 e. The molecular weight excluding hydrogens is 232 g/mol. The topological polar surface area (TPSA) is 61.8 Å². The minimum Gasteiger partial charge on any atom is -0.497 e. The molecule has 2 amide bonds. The third-order valence-electron chi connectivity index (χ3n) is 2.73. The van der Waals surface area contributed by atoms with Gasteiger partial charge >= 0.3 is 6.03 Å². The van der Waals surface area contributed by atoms with E-state index in [0.717, 1.165) is 11.3 Å². The Morgan fingerprint density at radius 1 is 1.50 bits per heavy atom. The molecule has 18 heavy (non-hydrogen) atoms. The third kappa shape index (κ3) is 3.63. The van der Waals surface area contributed by atoms with Crippen molar-refractivity contribution in [1.29, 1.82) is 0 Å². The highest BCUT2D eigenvalue weighted by atomic mass is 16.5. The second kappa shape index (κ2) is 6.86. The summed E-state index contributed by atoms with van der Waals surface area (Å²) < 4.78 is 5.12. The molecule has 100 valence electrons. The Labute approximate surface area is 107 Å². The molecule has 0 unspecified atom stereocenters. The average Bonchev–Trinajstić information content (AvgIpc) is 2.38. The molecule has 5 nitrogen and oxygen atoms in total. The van der Waals surface area contributed by atoms with E-state index in [1.807, 2.05) is 26.0 Å². The zero-order chi connectivity index (χ0) is 13.5. The first-order valence-corrected chi connectivity index (χ1v) is 5.93. The van der Waals surface area contributed by atoms with Gasteiger partial charge < -0.3 is 20.1 Å². The number of nitrogens with zero attached hydrogens (tertiary/aromatic N) is 1. The first-order valence-electron chi connectivity index (χ1n) is 5.93. The van der Waals surface area contributed by atoms with E-state index >= 15 is 0 Å². The number of urea groups is 1. The third-order valence-corrected chi connectivity index (χ3v) is 2.73. The maximum Gasteiger partial charge on any atom is 0.321 e. The van der Waals surface area contributed by atoms with Crippen molar-refractivity contribution in [2.75, 3.05) is 32.1 Å². The highest BCUT2D eigenvalue weighted by Crippen LogP contribution is 2.21. The van der Waals surface area contributed by atoms with E-state index in [9.17, 15) is 4.79 Å². The summed E-state index contributed by atoms with van der Waals surface area (Å²) in [4.78, 5) is 13.5. The number of likely N-dealkylation sites (N-methyl/N-ethyl adjacent to an activating group) is 1. The molecule has 0 aromatic heterocycles. The fraction of sp³-hybridized carbons (Fsp3) is 0.462. The van der Waals surface area contributed by atoms with E-state index in [0.29, 0.717) is 18.8 Å². The van der Waals surface area contributed by atoms with Gasteiger partial charge in [-0.1, -0.05) is 6.07 Å². The van der Waals surface area contributed by atoms with Crippen LogP contribution in [0.5, 0.6) is 5.75 Å². The van der Waals surface area contributed by atoms with Gasteiger partial charge in [0.2, 0.25) is 0 Å². The summed E-state index contributed by atoms with van der Waals surface area (Å²) in [5, 5.41) is 11.7. The van der Waals surface area contributed by atoms with Crippen LogP contribution in [0.25, 0.3) is 0 Å². The van der Waals surface area contributed by atoms with Crippen molar-refractivity contribution < 1.29 is 14.6 Å². The summed E-state index contributed by atoms with van der Waals surface area (Å²) in [6, 6.07) is 5.29. The zero-order valence-electron chi connectivity index (χ0n) is 11.1. The molecule has 0 saturated carbocycles. The molecule has 0 atom stereocenters. The minimum absolute atomic E-state index is 0.0433. The first-order chi connectivity index (χ1) is 8.62. The van der Waals surface area contributed by atoms with Gasteiger partial charge in [0.25, 0.3) is 0 Å². The second-order valence-electron chi connectivity index (χ2n) is 3.91. The Bertz CT molecular complexity index is 407. The minimum atomic E-state index is -0.220. The number of aliphatic hydroxyl groups is 1. The van der Waals surface area contributed by atoms with Crippen LogP contribution < -0.4 is 10.1 Å². The van der Waals surface area contributed by atoms with Crippen molar-refractivity contribution in [3.05, 3.63) is 23.8 Å². The van der Waals surface area contributed by atoms with Gasteiger partial charge in [-0.3, -0.25) is 0 Å². The number of aliphatic hydroxyl groups excluding tert-OH is 1. The molecule has 1 rings (SSSR count). The lowest BCUT2D eigenvalue weighted by molar-refractivity contribution is 0.192. The number of hydrogen-bond acceptors (Lipinski definition) is 3. The summed E-state index contributed by atoms with van der Waals surface area (Å²) in [6.07, 6.45) is 0. The molecule has 0 heterocycles. The maximum atomic E-state index is 11.9. The summed E-state index contributed by atoms with van der Waals surface area (Å²) in [6.45, 7) is 4.62. The molecule has 0 spiro atoms. The number of aryl methyl sites for hydroxylation is 1. The second-order valence-corrected chi connectivity index (χ2v) is 3.91. The molecule has 0 fully saturated rings. The van der Waals surface area contributed by atoms with E-state index in [2.05, 4.69) is 5.32 Å². The van der Waals surface area contributed by atoms with Gasteiger partial charge in [-0.25, -0.2) is 4.79 Å².